The van der Waals surface area contributed by atoms with E-state index in [1.807, 2.05) is 0 Å². The zero-order chi connectivity index (χ0) is 25.2. The summed E-state index contributed by atoms with van der Waals surface area (Å²) in [6.07, 6.45) is 2.22. The van der Waals surface area contributed by atoms with E-state index >= 15 is 0 Å². The number of ketones is 1. The Bertz CT molecular complexity index is 1220. The highest BCUT2D eigenvalue weighted by Crippen LogP contribution is 2.41. The maximum absolute atomic E-state index is 13.3. The van der Waals surface area contributed by atoms with Crippen LogP contribution >= 0.6 is 0 Å². The molecule has 2 fully saturated rings. The van der Waals surface area contributed by atoms with Crippen molar-refractivity contribution >= 4 is 23.4 Å². The van der Waals surface area contributed by atoms with E-state index in [2.05, 4.69) is 4.90 Å². The first-order chi connectivity index (χ1) is 17.5. The Labute approximate surface area is 208 Å². The molecule has 3 aliphatic rings. The van der Waals surface area contributed by atoms with Gasteiger partial charge in [0.05, 0.1) is 24.3 Å². The van der Waals surface area contributed by atoms with Gasteiger partial charge in [-0.05, 0) is 61.8 Å². The van der Waals surface area contributed by atoms with E-state index < -0.39 is 23.7 Å². The highest BCUT2D eigenvalue weighted by Gasteiger charge is 2.46. The predicted molar refractivity (Wildman–Crippen MR) is 130 cm³/mol. The Kier molecular flexibility index (Phi) is 6.65. The quantitative estimate of drug-likeness (QED) is 0.284. The topological polar surface area (TPSA) is 106 Å². The summed E-state index contributed by atoms with van der Waals surface area (Å²) >= 11 is 0. The van der Waals surface area contributed by atoms with Crippen LogP contribution in [-0.4, -0.2) is 79.1 Å². The molecule has 188 valence electrons. The van der Waals surface area contributed by atoms with Crippen molar-refractivity contribution in [3.8, 4) is 11.5 Å². The second-order valence-corrected chi connectivity index (χ2v) is 9.01. The maximum Gasteiger partial charge on any atom is 0.337 e. The summed E-state index contributed by atoms with van der Waals surface area (Å²) in [7, 11) is 1.30. The first-order valence-electron chi connectivity index (χ1n) is 12.1. The standard InChI is InChI=1S/C27H28N2O7/c1-34-27(33)18-6-4-17(5-7-18)23-22(24(30)19-8-9-20-21(16-19)36-15-14-35-20)25(31)26(32)29(23)13-12-28-10-2-3-11-28/h4-9,16,23,30H,2-3,10-15H2,1H3/b24-22+. The molecular formula is C27H28N2O7. The van der Waals surface area contributed by atoms with E-state index in [1.54, 1.807) is 42.5 Å². The Morgan fingerprint density at radius 2 is 1.64 bits per heavy atom. The smallest absolute Gasteiger partial charge is 0.337 e. The van der Waals surface area contributed by atoms with Crippen LogP contribution in [0.25, 0.3) is 5.76 Å². The van der Waals surface area contributed by atoms with Crippen molar-refractivity contribution in [1.82, 2.24) is 9.80 Å². The number of aliphatic hydroxyl groups excluding tert-OH is 1. The SMILES string of the molecule is COC(=O)c1ccc(C2/C(=C(\O)c3ccc4c(c3)OCCO4)C(=O)C(=O)N2CCN2CCCC2)cc1. The number of carbonyl (C=O) groups excluding carboxylic acids is 3. The van der Waals surface area contributed by atoms with E-state index in [0.717, 1.165) is 25.9 Å². The van der Waals surface area contributed by atoms with E-state index in [0.29, 0.717) is 54.5 Å². The third-order valence-electron chi connectivity index (χ3n) is 6.86. The fourth-order valence-electron chi connectivity index (χ4n) is 4.98. The molecule has 0 aliphatic carbocycles. The monoisotopic (exact) mass is 492 g/mol. The van der Waals surface area contributed by atoms with Crippen LogP contribution < -0.4 is 9.47 Å². The first kappa shape index (κ1) is 23.9. The molecule has 9 nitrogen and oxygen atoms in total. The molecule has 1 N–H and O–H groups in total. The summed E-state index contributed by atoms with van der Waals surface area (Å²) in [6.45, 7) is 3.70. The average Bonchev–Trinajstić information content (AvgIpc) is 3.52. The number of nitrogens with zero attached hydrogens (tertiary/aromatic N) is 2. The van der Waals surface area contributed by atoms with Gasteiger partial charge < -0.3 is 29.1 Å². The van der Waals surface area contributed by atoms with E-state index in [-0.39, 0.29) is 11.3 Å². The molecule has 1 atom stereocenters. The van der Waals surface area contributed by atoms with Crippen molar-refractivity contribution in [1.29, 1.82) is 0 Å². The van der Waals surface area contributed by atoms with Gasteiger partial charge in [0, 0.05) is 18.7 Å². The molecule has 0 bridgehead atoms. The minimum atomic E-state index is -0.799. The van der Waals surface area contributed by atoms with Crippen LogP contribution in [0.4, 0.5) is 0 Å². The molecule has 5 rings (SSSR count). The molecule has 0 aromatic heterocycles. The van der Waals surface area contributed by atoms with E-state index in [4.69, 9.17) is 14.2 Å². The highest BCUT2D eigenvalue weighted by atomic mass is 16.6. The first-order valence-corrected chi connectivity index (χ1v) is 12.1. The molecular weight excluding hydrogens is 464 g/mol. The third-order valence-corrected chi connectivity index (χ3v) is 6.86. The van der Waals surface area contributed by atoms with Gasteiger partial charge in [-0.3, -0.25) is 9.59 Å². The van der Waals surface area contributed by atoms with Crippen LogP contribution in [0.5, 0.6) is 11.5 Å². The number of fused-ring (bicyclic) bond motifs is 1. The number of benzene rings is 2. The van der Waals surface area contributed by atoms with Crippen molar-refractivity contribution in [3.05, 3.63) is 64.7 Å². The number of ether oxygens (including phenoxy) is 3. The molecule has 0 spiro atoms. The number of rotatable bonds is 6. The van der Waals surface area contributed by atoms with Gasteiger partial charge in [-0.15, -0.1) is 0 Å². The molecule has 3 aliphatic heterocycles. The second-order valence-electron chi connectivity index (χ2n) is 9.01. The zero-order valence-corrected chi connectivity index (χ0v) is 20.1. The van der Waals surface area contributed by atoms with Crippen LogP contribution in [0.3, 0.4) is 0 Å². The summed E-state index contributed by atoms with van der Waals surface area (Å²) in [5.74, 6) is -1.15. The maximum atomic E-state index is 13.3. The van der Waals surface area contributed by atoms with Crippen LogP contribution in [0, 0.1) is 0 Å². The molecule has 1 amide bonds. The molecule has 36 heavy (non-hydrogen) atoms. The molecule has 0 radical (unpaired) electrons. The lowest BCUT2D eigenvalue weighted by Crippen LogP contribution is -2.37. The lowest BCUT2D eigenvalue weighted by Gasteiger charge is -2.27. The lowest BCUT2D eigenvalue weighted by atomic mass is 9.94. The molecule has 1 unspecified atom stereocenters. The van der Waals surface area contributed by atoms with Crippen molar-refractivity contribution < 1.29 is 33.7 Å². The van der Waals surface area contributed by atoms with E-state index in [9.17, 15) is 19.5 Å². The fraction of sp³-hybridized carbons (Fsp3) is 0.370. The summed E-state index contributed by atoms with van der Waals surface area (Å²) in [5, 5.41) is 11.3. The Balaban J connectivity index is 1.55. The molecule has 9 heteroatoms. The van der Waals surface area contributed by atoms with Gasteiger partial charge in [0.25, 0.3) is 11.7 Å². The average molecular weight is 493 g/mol. The molecule has 2 saturated heterocycles. The number of aliphatic hydroxyl groups is 1. The number of hydrogen-bond acceptors (Lipinski definition) is 8. The van der Waals surface area contributed by atoms with Gasteiger partial charge in [-0.1, -0.05) is 12.1 Å². The third kappa shape index (κ3) is 4.42. The molecule has 2 aromatic carbocycles. The number of carbonyl (C=O) groups is 3. The molecule has 3 heterocycles. The summed E-state index contributed by atoms with van der Waals surface area (Å²) in [5.41, 5.74) is 1.32. The number of methoxy groups -OCH3 is 1. The number of likely N-dealkylation sites (tertiary alicyclic amines) is 2. The number of hydrogen-bond donors (Lipinski definition) is 1. The van der Waals surface area contributed by atoms with Gasteiger partial charge in [0.15, 0.2) is 11.5 Å². The minimum Gasteiger partial charge on any atom is -0.507 e. The summed E-state index contributed by atoms with van der Waals surface area (Å²) in [4.78, 5) is 42.1. The lowest BCUT2D eigenvalue weighted by molar-refractivity contribution is -0.140. The van der Waals surface area contributed by atoms with Crippen LogP contribution in [0.15, 0.2) is 48.0 Å². The minimum absolute atomic E-state index is 0.00363. The normalized spacial score (nSPS) is 21.1. The highest BCUT2D eigenvalue weighted by molar-refractivity contribution is 6.46. The zero-order valence-electron chi connectivity index (χ0n) is 20.1. The molecule has 0 saturated carbocycles. The van der Waals surface area contributed by atoms with E-state index in [1.165, 1.54) is 12.0 Å². The number of esters is 1. The van der Waals surface area contributed by atoms with Gasteiger partial charge >= 0.3 is 5.97 Å². The van der Waals surface area contributed by atoms with Crippen LogP contribution in [0.2, 0.25) is 0 Å². The van der Waals surface area contributed by atoms with Crippen LogP contribution in [0.1, 0.15) is 40.4 Å². The van der Waals surface area contributed by atoms with Crippen molar-refractivity contribution in [2.24, 2.45) is 0 Å². The Morgan fingerprint density at radius 1 is 0.972 bits per heavy atom. The summed E-state index contributed by atoms with van der Waals surface area (Å²) < 4.78 is 16.0. The van der Waals surface area contributed by atoms with Crippen molar-refractivity contribution in [3.63, 3.8) is 0 Å². The Hall–Kier alpha value is -3.85. The van der Waals surface area contributed by atoms with Gasteiger partial charge in [0.2, 0.25) is 0 Å². The van der Waals surface area contributed by atoms with Crippen molar-refractivity contribution in [2.45, 2.75) is 18.9 Å². The van der Waals surface area contributed by atoms with Gasteiger partial charge in [-0.25, -0.2) is 4.79 Å². The predicted octanol–water partition coefficient (Wildman–Crippen LogP) is 2.76. The number of amides is 1. The second kappa shape index (κ2) is 10.0. The Morgan fingerprint density at radius 3 is 2.33 bits per heavy atom. The van der Waals surface area contributed by atoms with Crippen molar-refractivity contribution in [2.75, 3.05) is 46.5 Å². The summed E-state index contributed by atoms with van der Waals surface area (Å²) in [6, 6.07) is 10.7. The number of Topliss-reactive ketones (excluding diaryl/α,β-unsaturated/α-hetero) is 1. The van der Waals surface area contributed by atoms with Gasteiger partial charge in [0.1, 0.15) is 19.0 Å². The largest absolute Gasteiger partial charge is 0.507 e. The fourth-order valence-corrected chi connectivity index (χ4v) is 4.98. The van der Waals surface area contributed by atoms with Crippen LogP contribution in [-0.2, 0) is 14.3 Å². The molecule has 2 aromatic rings. The van der Waals surface area contributed by atoms with Gasteiger partial charge in [-0.2, -0.15) is 0 Å².